The van der Waals surface area contributed by atoms with Crippen molar-refractivity contribution in [2.75, 3.05) is 5.32 Å². The van der Waals surface area contributed by atoms with Gasteiger partial charge in [0.2, 0.25) is 5.91 Å². The number of carbonyl (C=O) groups is 1. The van der Waals surface area contributed by atoms with Gasteiger partial charge in [-0.1, -0.05) is 61.7 Å². The lowest BCUT2D eigenvalue weighted by atomic mass is 9.86. The average molecular weight is 389 g/mol. The number of anilines is 1. The van der Waals surface area contributed by atoms with Gasteiger partial charge >= 0.3 is 0 Å². The highest BCUT2D eigenvalue weighted by molar-refractivity contribution is 5.92. The van der Waals surface area contributed by atoms with Crippen molar-refractivity contribution in [2.24, 2.45) is 0 Å². The van der Waals surface area contributed by atoms with Gasteiger partial charge in [-0.05, 0) is 30.5 Å². The van der Waals surface area contributed by atoms with E-state index >= 15 is 0 Å². The van der Waals surface area contributed by atoms with Gasteiger partial charge in [0.15, 0.2) is 5.82 Å². The maximum Gasteiger partial charge on any atom is 0.229 e. The molecule has 0 aliphatic heterocycles. The molecule has 4 nitrogen and oxygen atoms in total. The van der Waals surface area contributed by atoms with Crippen molar-refractivity contribution in [2.45, 2.75) is 44.4 Å². The van der Waals surface area contributed by atoms with E-state index in [4.69, 9.17) is 4.98 Å². The van der Waals surface area contributed by atoms with Gasteiger partial charge in [-0.2, -0.15) is 0 Å². The molecule has 4 rings (SSSR count). The van der Waals surface area contributed by atoms with Crippen LogP contribution in [0.2, 0.25) is 0 Å². The molecule has 1 aromatic heterocycles. The largest absolute Gasteiger partial charge is 0.309 e. The monoisotopic (exact) mass is 389 g/mol. The minimum Gasteiger partial charge on any atom is -0.309 e. The van der Waals surface area contributed by atoms with Gasteiger partial charge in [0.05, 0.1) is 24.0 Å². The molecule has 0 unspecified atom stereocenters. The summed E-state index contributed by atoms with van der Waals surface area (Å²) in [5, 5.41) is 2.94. The Morgan fingerprint density at radius 1 is 1.00 bits per heavy atom. The minimum atomic E-state index is -0.309. The van der Waals surface area contributed by atoms with Crippen LogP contribution in [0.15, 0.2) is 60.8 Å². The van der Waals surface area contributed by atoms with Crippen molar-refractivity contribution < 1.29 is 9.18 Å². The first-order valence-corrected chi connectivity index (χ1v) is 10.2. The zero-order valence-corrected chi connectivity index (χ0v) is 16.3. The van der Waals surface area contributed by atoms with Gasteiger partial charge in [0.1, 0.15) is 5.82 Å². The number of nitrogens with zero attached hydrogens (tertiary/aromatic N) is 2. The Kier molecular flexibility index (Phi) is 5.94. The van der Waals surface area contributed by atoms with Crippen LogP contribution >= 0.6 is 0 Å². The van der Waals surface area contributed by atoms with Crippen molar-refractivity contribution in [3.05, 3.63) is 77.9 Å². The van der Waals surface area contributed by atoms with Crippen molar-refractivity contribution in [3.8, 4) is 11.3 Å². The molecule has 1 saturated carbocycles. The van der Waals surface area contributed by atoms with Crippen molar-refractivity contribution in [3.63, 3.8) is 0 Å². The third-order valence-electron chi connectivity index (χ3n) is 5.40. The summed E-state index contributed by atoms with van der Waals surface area (Å²) in [6.45, 7) is 0. The molecule has 0 spiro atoms. The second-order valence-corrected chi connectivity index (χ2v) is 7.54. The summed E-state index contributed by atoms with van der Waals surface area (Å²) in [6.07, 6.45) is 7.60. The minimum absolute atomic E-state index is 0.171. The van der Waals surface area contributed by atoms with Gasteiger partial charge in [-0.15, -0.1) is 0 Å². The predicted octanol–water partition coefficient (Wildman–Crippen LogP) is 5.51. The molecule has 148 valence electrons. The van der Waals surface area contributed by atoms with Crippen LogP contribution in [-0.4, -0.2) is 15.9 Å². The van der Waals surface area contributed by atoms with E-state index in [2.05, 4.69) is 10.3 Å². The lowest BCUT2D eigenvalue weighted by Crippen LogP contribution is -2.19. The Hall–Kier alpha value is -3.08. The van der Waals surface area contributed by atoms with E-state index in [9.17, 15) is 9.18 Å². The molecule has 1 amide bonds. The summed E-state index contributed by atoms with van der Waals surface area (Å²) in [5.74, 6) is 0.372. The Labute approximate surface area is 170 Å². The maximum absolute atomic E-state index is 13.1. The normalized spacial score (nSPS) is 14.5. The fourth-order valence-corrected chi connectivity index (χ4v) is 3.87. The molecule has 1 fully saturated rings. The fraction of sp³-hybridized carbons (Fsp3) is 0.292. The van der Waals surface area contributed by atoms with Gasteiger partial charge in [0, 0.05) is 11.5 Å². The highest BCUT2D eigenvalue weighted by Gasteiger charge is 2.23. The summed E-state index contributed by atoms with van der Waals surface area (Å²) in [7, 11) is 0. The molecule has 2 aromatic carbocycles. The van der Waals surface area contributed by atoms with Crippen LogP contribution in [0.3, 0.4) is 0 Å². The molecule has 1 heterocycles. The van der Waals surface area contributed by atoms with Crippen LogP contribution in [0.1, 0.15) is 49.3 Å². The Morgan fingerprint density at radius 2 is 1.72 bits per heavy atom. The third kappa shape index (κ3) is 4.86. The number of aromatic nitrogens is 2. The highest BCUT2D eigenvalue weighted by Crippen LogP contribution is 2.35. The van der Waals surface area contributed by atoms with Crippen molar-refractivity contribution in [1.82, 2.24) is 9.97 Å². The standard InChI is InChI=1S/C24H24FN3O/c25-20-13-11-17(12-14-20)15-22(29)28-24-23(19-9-5-2-6-10-19)27-21(16-26-24)18-7-3-1-4-8-18/h1,3-4,7-8,11-14,16,19H,2,5-6,9-10,15H2,(H,26,28,29). The van der Waals surface area contributed by atoms with Crippen LogP contribution in [-0.2, 0) is 11.2 Å². The van der Waals surface area contributed by atoms with E-state index in [0.717, 1.165) is 35.4 Å². The molecule has 0 saturated heterocycles. The van der Waals surface area contributed by atoms with Crippen LogP contribution in [0, 0.1) is 5.82 Å². The number of amides is 1. The second-order valence-electron chi connectivity index (χ2n) is 7.54. The maximum atomic E-state index is 13.1. The smallest absolute Gasteiger partial charge is 0.229 e. The van der Waals surface area contributed by atoms with Crippen molar-refractivity contribution in [1.29, 1.82) is 0 Å². The number of nitrogens with one attached hydrogen (secondary N) is 1. The van der Waals surface area contributed by atoms with E-state index in [-0.39, 0.29) is 18.1 Å². The van der Waals surface area contributed by atoms with Crippen LogP contribution in [0.25, 0.3) is 11.3 Å². The molecule has 0 radical (unpaired) electrons. The summed E-state index contributed by atoms with van der Waals surface area (Å²) in [6, 6.07) is 16.0. The first-order valence-electron chi connectivity index (χ1n) is 10.2. The molecule has 3 aromatic rings. The molecule has 1 aliphatic carbocycles. The number of rotatable bonds is 5. The zero-order chi connectivity index (χ0) is 20.1. The van der Waals surface area contributed by atoms with E-state index in [1.807, 2.05) is 30.3 Å². The third-order valence-corrected chi connectivity index (χ3v) is 5.40. The first kappa shape index (κ1) is 19.2. The van der Waals surface area contributed by atoms with Crippen LogP contribution in [0.5, 0.6) is 0 Å². The Morgan fingerprint density at radius 3 is 2.45 bits per heavy atom. The average Bonchev–Trinajstić information content (AvgIpc) is 2.77. The number of benzene rings is 2. The number of halogens is 1. The molecule has 1 N–H and O–H groups in total. The molecular formula is C24H24FN3O. The second kappa shape index (κ2) is 8.95. The summed E-state index contributed by atoms with van der Waals surface area (Å²) >= 11 is 0. The molecule has 5 heteroatoms. The number of carbonyl (C=O) groups excluding carboxylic acids is 1. The molecule has 29 heavy (non-hydrogen) atoms. The lowest BCUT2D eigenvalue weighted by molar-refractivity contribution is -0.115. The van der Waals surface area contributed by atoms with Crippen LogP contribution < -0.4 is 5.32 Å². The zero-order valence-electron chi connectivity index (χ0n) is 16.3. The van der Waals surface area contributed by atoms with Gasteiger partial charge < -0.3 is 5.32 Å². The lowest BCUT2D eigenvalue weighted by Gasteiger charge is -2.23. The van der Waals surface area contributed by atoms with E-state index in [1.54, 1.807) is 18.3 Å². The molecule has 0 atom stereocenters. The first-order chi connectivity index (χ1) is 14.2. The van der Waals surface area contributed by atoms with Gasteiger partial charge in [0.25, 0.3) is 0 Å². The predicted molar refractivity (Wildman–Crippen MR) is 112 cm³/mol. The molecular weight excluding hydrogens is 365 g/mol. The summed E-state index contributed by atoms with van der Waals surface area (Å²) < 4.78 is 13.1. The quantitative estimate of drug-likeness (QED) is 0.626. The summed E-state index contributed by atoms with van der Waals surface area (Å²) in [5.41, 5.74) is 3.47. The van der Waals surface area contributed by atoms with Crippen LogP contribution in [0.4, 0.5) is 10.2 Å². The summed E-state index contributed by atoms with van der Waals surface area (Å²) in [4.78, 5) is 22.1. The van der Waals surface area contributed by atoms with E-state index < -0.39 is 0 Å². The fourth-order valence-electron chi connectivity index (χ4n) is 3.87. The number of hydrogen-bond acceptors (Lipinski definition) is 3. The van der Waals surface area contributed by atoms with Gasteiger partial charge in [-0.25, -0.2) is 14.4 Å². The topological polar surface area (TPSA) is 54.9 Å². The Bertz CT molecular complexity index is 967. The molecule has 0 bridgehead atoms. The highest BCUT2D eigenvalue weighted by atomic mass is 19.1. The SMILES string of the molecule is O=C(Cc1ccc(F)cc1)Nc1ncc(-c2ccccc2)nc1C1CCCCC1. The van der Waals surface area contributed by atoms with E-state index in [0.29, 0.717) is 11.7 Å². The van der Waals surface area contributed by atoms with Crippen molar-refractivity contribution >= 4 is 11.7 Å². The number of hydrogen-bond donors (Lipinski definition) is 1. The molecule has 1 aliphatic rings. The Balaban J connectivity index is 1.59. The van der Waals surface area contributed by atoms with Gasteiger partial charge in [-0.3, -0.25) is 4.79 Å². The van der Waals surface area contributed by atoms with E-state index in [1.165, 1.54) is 31.4 Å².